The average molecular weight is 212 g/mol. The van der Waals surface area contributed by atoms with Crippen LogP contribution in [0.3, 0.4) is 0 Å². The average Bonchev–Trinajstić information content (AvgIpc) is 2.11. The number of aryl methyl sites for hydroxylation is 2. The summed E-state index contributed by atoms with van der Waals surface area (Å²) in [5, 5.41) is 4.26. The predicted octanol–water partition coefficient (Wildman–Crippen LogP) is 3.63. The lowest BCUT2D eigenvalue weighted by Gasteiger charge is -2.16. The maximum absolute atomic E-state index is 6.05. The molecule has 0 amide bonds. The Labute approximate surface area is 91.5 Å². The molecule has 0 aromatic heterocycles. The van der Waals surface area contributed by atoms with Crippen LogP contribution in [0.15, 0.2) is 12.1 Å². The largest absolute Gasteiger partial charge is 0.310 e. The first-order valence-corrected chi connectivity index (χ1v) is 5.44. The summed E-state index contributed by atoms with van der Waals surface area (Å²) in [4.78, 5) is 0. The zero-order chi connectivity index (χ0) is 10.7. The highest BCUT2D eigenvalue weighted by molar-refractivity contribution is 6.31. The molecule has 0 spiro atoms. The number of hydrogen-bond acceptors (Lipinski definition) is 1. The topological polar surface area (TPSA) is 12.0 Å². The summed E-state index contributed by atoms with van der Waals surface area (Å²) in [7, 11) is 0. The van der Waals surface area contributed by atoms with Crippen LogP contribution < -0.4 is 5.32 Å². The smallest absolute Gasteiger partial charge is 0.0438 e. The van der Waals surface area contributed by atoms with E-state index in [0.29, 0.717) is 6.04 Å². The van der Waals surface area contributed by atoms with E-state index < -0.39 is 0 Å². The van der Waals surface area contributed by atoms with Crippen molar-refractivity contribution in [3.05, 3.63) is 33.8 Å². The number of rotatable bonds is 3. The van der Waals surface area contributed by atoms with Crippen LogP contribution in [-0.2, 0) is 0 Å². The first-order chi connectivity index (χ1) is 6.56. The number of halogens is 1. The number of nitrogens with one attached hydrogen (secondary N) is 1. The van der Waals surface area contributed by atoms with Crippen molar-refractivity contribution >= 4 is 11.6 Å². The maximum Gasteiger partial charge on any atom is 0.0438 e. The van der Waals surface area contributed by atoms with Gasteiger partial charge < -0.3 is 5.32 Å². The Morgan fingerprint density at radius 1 is 1.29 bits per heavy atom. The second-order valence-corrected chi connectivity index (χ2v) is 4.14. The molecule has 2 heteroatoms. The summed E-state index contributed by atoms with van der Waals surface area (Å²) in [6, 6.07) is 4.61. The Bertz CT molecular complexity index is 320. The monoisotopic (exact) mass is 211 g/mol. The minimum absolute atomic E-state index is 0.399. The molecule has 0 aliphatic heterocycles. The minimum atomic E-state index is 0.399. The van der Waals surface area contributed by atoms with E-state index in [0.717, 1.165) is 17.1 Å². The lowest BCUT2D eigenvalue weighted by atomic mass is 10.00. The van der Waals surface area contributed by atoms with Crippen molar-refractivity contribution in [2.24, 2.45) is 0 Å². The molecule has 1 aromatic rings. The van der Waals surface area contributed by atoms with Gasteiger partial charge in [0.25, 0.3) is 0 Å². The highest BCUT2D eigenvalue weighted by Gasteiger charge is 2.08. The van der Waals surface area contributed by atoms with Crippen LogP contribution in [0.2, 0.25) is 5.02 Å². The fourth-order valence-electron chi connectivity index (χ4n) is 1.69. The van der Waals surface area contributed by atoms with Gasteiger partial charge in [-0.25, -0.2) is 0 Å². The molecule has 0 aliphatic rings. The number of hydrogen-bond donors (Lipinski definition) is 1. The molecule has 14 heavy (non-hydrogen) atoms. The van der Waals surface area contributed by atoms with E-state index in [9.17, 15) is 0 Å². The Balaban J connectivity index is 3.02. The zero-order valence-electron chi connectivity index (χ0n) is 9.32. The molecule has 0 fully saturated rings. The second kappa shape index (κ2) is 4.81. The molecule has 1 nitrogen and oxygen atoms in total. The van der Waals surface area contributed by atoms with Gasteiger partial charge in [-0.2, -0.15) is 0 Å². The molecule has 0 heterocycles. The minimum Gasteiger partial charge on any atom is -0.310 e. The summed E-state index contributed by atoms with van der Waals surface area (Å²) in [5.74, 6) is 0. The SMILES string of the molecule is CCNC(C)c1cc(C)c(Cl)cc1C. The molecule has 1 N–H and O–H groups in total. The third-order valence-corrected chi connectivity index (χ3v) is 2.93. The van der Waals surface area contributed by atoms with E-state index in [-0.39, 0.29) is 0 Å². The third kappa shape index (κ3) is 2.49. The van der Waals surface area contributed by atoms with Gasteiger partial charge in [-0.3, -0.25) is 0 Å². The summed E-state index contributed by atoms with van der Waals surface area (Å²) in [5.41, 5.74) is 3.75. The lowest BCUT2D eigenvalue weighted by Crippen LogP contribution is -2.18. The third-order valence-electron chi connectivity index (χ3n) is 2.52. The van der Waals surface area contributed by atoms with Crippen LogP contribution in [0.5, 0.6) is 0 Å². The molecule has 0 saturated heterocycles. The van der Waals surface area contributed by atoms with Gasteiger partial charge in [-0.1, -0.05) is 24.6 Å². The van der Waals surface area contributed by atoms with E-state index in [1.807, 2.05) is 13.0 Å². The Morgan fingerprint density at radius 2 is 1.93 bits per heavy atom. The standard InChI is InChI=1S/C12H18ClN/c1-5-14-10(4)11-6-9(3)12(13)7-8(11)2/h6-7,10,14H,5H2,1-4H3. The van der Waals surface area contributed by atoms with Crippen LogP contribution in [-0.4, -0.2) is 6.54 Å². The highest BCUT2D eigenvalue weighted by Crippen LogP contribution is 2.24. The molecule has 78 valence electrons. The van der Waals surface area contributed by atoms with E-state index in [2.05, 4.69) is 32.2 Å². The first kappa shape index (κ1) is 11.5. The molecule has 1 atom stereocenters. The van der Waals surface area contributed by atoms with E-state index in [4.69, 9.17) is 11.6 Å². The summed E-state index contributed by atoms with van der Waals surface area (Å²) in [6.45, 7) is 9.44. The molecule has 0 aliphatic carbocycles. The molecule has 0 radical (unpaired) electrons. The van der Waals surface area contributed by atoms with Crippen LogP contribution in [0, 0.1) is 13.8 Å². The van der Waals surface area contributed by atoms with Gasteiger partial charge in [0.1, 0.15) is 0 Å². The molecule has 0 saturated carbocycles. The molecule has 0 bridgehead atoms. The summed E-state index contributed by atoms with van der Waals surface area (Å²) < 4.78 is 0. The van der Waals surface area contributed by atoms with Crippen molar-refractivity contribution in [3.8, 4) is 0 Å². The Hall–Kier alpha value is -0.530. The van der Waals surface area contributed by atoms with Crippen LogP contribution in [0.1, 0.15) is 36.6 Å². The van der Waals surface area contributed by atoms with E-state index >= 15 is 0 Å². The van der Waals surface area contributed by atoms with Crippen molar-refractivity contribution in [3.63, 3.8) is 0 Å². The predicted molar refractivity (Wildman–Crippen MR) is 63.0 cm³/mol. The molecule has 1 aromatic carbocycles. The zero-order valence-corrected chi connectivity index (χ0v) is 10.1. The van der Waals surface area contributed by atoms with Gasteiger partial charge in [0.15, 0.2) is 0 Å². The van der Waals surface area contributed by atoms with Gasteiger partial charge in [-0.05, 0) is 50.1 Å². The molecule has 1 unspecified atom stereocenters. The number of benzene rings is 1. The first-order valence-electron chi connectivity index (χ1n) is 5.06. The Kier molecular flexibility index (Phi) is 3.97. The maximum atomic E-state index is 6.05. The fraction of sp³-hybridized carbons (Fsp3) is 0.500. The van der Waals surface area contributed by atoms with Crippen molar-refractivity contribution in [1.82, 2.24) is 5.32 Å². The Morgan fingerprint density at radius 3 is 2.50 bits per heavy atom. The quantitative estimate of drug-likeness (QED) is 0.805. The molecular formula is C12H18ClN. The summed E-state index contributed by atoms with van der Waals surface area (Å²) >= 11 is 6.05. The van der Waals surface area contributed by atoms with Gasteiger partial charge in [-0.15, -0.1) is 0 Å². The lowest BCUT2D eigenvalue weighted by molar-refractivity contribution is 0.595. The molecule has 1 rings (SSSR count). The van der Waals surface area contributed by atoms with Crippen molar-refractivity contribution in [1.29, 1.82) is 0 Å². The molecular weight excluding hydrogens is 194 g/mol. The summed E-state index contributed by atoms with van der Waals surface area (Å²) in [6.07, 6.45) is 0. The van der Waals surface area contributed by atoms with E-state index in [1.165, 1.54) is 11.1 Å². The van der Waals surface area contributed by atoms with Gasteiger partial charge in [0.05, 0.1) is 0 Å². The normalized spacial score (nSPS) is 12.9. The van der Waals surface area contributed by atoms with Crippen LogP contribution in [0.25, 0.3) is 0 Å². The van der Waals surface area contributed by atoms with Crippen molar-refractivity contribution in [2.45, 2.75) is 33.7 Å². The van der Waals surface area contributed by atoms with E-state index in [1.54, 1.807) is 0 Å². The van der Waals surface area contributed by atoms with Crippen LogP contribution >= 0.6 is 11.6 Å². The second-order valence-electron chi connectivity index (χ2n) is 3.74. The van der Waals surface area contributed by atoms with Gasteiger partial charge in [0.2, 0.25) is 0 Å². The highest BCUT2D eigenvalue weighted by atomic mass is 35.5. The van der Waals surface area contributed by atoms with Crippen molar-refractivity contribution < 1.29 is 0 Å². The van der Waals surface area contributed by atoms with Crippen LogP contribution in [0.4, 0.5) is 0 Å². The van der Waals surface area contributed by atoms with Crippen molar-refractivity contribution in [2.75, 3.05) is 6.54 Å². The van der Waals surface area contributed by atoms with Gasteiger partial charge in [0, 0.05) is 11.1 Å². The van der Waals surface area contributed by atoms with Gasteiger partial charge >= 0.3 is 0 Å². The fourth-order valence-corrected chi connectivity index (χ4v) is 1.90.